The van der Waals surface area contributed by atoms with Crippen molar-refractivity contribution >= 4 is 17.2 Å². The van der Waals surface area contributed by atoms with Crippen LogP contribution in [0.4, 0.5) is 0 Å². The van der Waals surface area contributed by atoms with Gasteiger partial charge in [-0.15, -0.1) is 11.3 Å². The van der Waals surface area contributed by atoms with Crippen LogP contribution in [0.3, 0.4) is 0 Å². The Balaban J connectivity index is 1.69. The Morgan fingerprint density at radius 2 is 2.17 bits per heavy atom. The molecule has 1 saturated carbocycles. The van der Waals surface area contributed by atoms with E-state index in [0.29, 0.717) is 12.2 Å². The van der Waals surface area contributed by atoms with Crippen molar-refractivity contribution < 1.29 is 9.90 Å². The molecular weight excluding hydrogens is 310 g/mol. The first kappa shape index (κ1) is 16.2. The largest absolute Gasteiger partial charge is 0.388 e. The van der Waals surface area contributed by atoms with Crippen LogP contribution in [0.25, 0.3) is 11.3 Å². The van der Waals surface area contributed by atoms with Gasteiger partial charge in [0.05, 0.1) is 16.3 Å². The van der Waals surface area contributed by atoms with Gasteiger partial charge in [0.2, 0.25) is 0 Å². The first-order chi connectivity index (χ1) is 11.0. The van der Waals surface area contributed by atoms with Crippen molar-refractivity contribution in [2.45, 2.75) is 44.6 Å². The fourth-order valence-electron chi connectivity index (χ4n) is 3.15. The molecular formula is C17H23N3O2S. The van der Waals surface area contributed by atoms with Gasteiger partial charge in [0.1, 0.15) is 5.69 Å². The second-order valence-electron chi connectivity index (χ2n) is 6.44. The average molecular weight is 333 g/mol. The second kappa shape index (κ2) is 6.45. The summed E-state index contributed by atoms with van der Waals surface area (Å²) < 4.78 is 1.81. The molecule has 1 fully saturated rings. The van der Waals surface area contributed by atoms with Crippen LogP contribution in [0.5, 0.6) is 0 Å². The minimum absolute atomic E-state index is 0.148. The molecule has 1 aliphatic rings. The van der Waals surface area contributed by atoms with E-state index in [0.717, 1.165) is 41.9 Å². The molecule has 0 unspecified atom stereocenters. The highest BCUT2D eigenvalue weighted by Crippen LogP contribution is 2.27. The van der Waals surface area contributed by atoms with E-state index in [2.05, 4.69) is 10.3 Å². The summed E-state index contributed by atoms with van der Waals surface area (Å²) in [4.78, 5) is 16.9. The quantitative estimate of drug-likeness (QED) is 0.904. The number of nitrogens with one attached hydrogen (secondary N) is 1. The third-order valence-corrected chi connectivity index (χ3v) is 5.29. The van der Waals surface area contributed by atoms with E-state index in [-0.39, 0.29) is 5.91 Å². The molecule has 0 saturated heterocycles. The third-order valence-electron chi connectivity index (χ3n) is 4.51. The number of aromatic nitrogens is 2. The molecule has 124 valence electrons. The van der Waals surface area contributed by atoms with Crippen LogP contribution in [0.15, 0.2) is 17.6 Å². The molecule has 0 aliphatic heterocycles. The number of thiazole rings is 1. The van der Waals surface area contributed by atoms with Crippen molar-refractivity contribution in [1.82, 2.24) is 14.9 Å². The number of amides is 1. The van der Waals surface area contributed by atoms with Crippen molar-refractivity contribution in [2.24, 2.45) is 7.05 Å². The van der Waals surface area contributed by atoms with Crippen LogP contribution in [-0.4, -0.2) is 32.7 Å². The first-order valence-corrected chi connectivity index (χ1v) is 8.94. The Morgan fingerprint density at radius 3 is 2.83 bits per heavy atom. The number of aliphatic hydroxyl groups is 1. The molecule has 1 amide bonds. The zero-order valence-corrected chi connectivity index (χ0v) is 14.4. The standard InChI is InChI=1S/C17H23N3O2S/c1-12-19-14(10-23-12)13-8-15(20(2)9-13)16(21)18-11-17(22)6-4-3-5-7-17/h8-10,22H,3-7,11H2,1-2H3,(H,18,21). The lowest BCUT2D eigenvalue weighted by Gasteiger charge is -2.32. The number of nitrogens with zero attached hydrogens (tertiary/aromatic N) is 2. The molecule has 2 N–H and O–H groups in total. The predicted octanol–water partition coefficient (Wildman–Crippen LogP) is 2.88. The highest BCUT2D eigenvalue weighted by molar-refractivity contribution is 7.09. The second-order valence-corrected chi connectivity index (χ2v) is 7.51. The third kappa shape index (κ3) is 3.64. The van der Waals surface area contributed by atoms with E-state index < -0.39 is 5.60 Å². The molecule has 23 heavy (non-hydrogen) atoms. The van der Waals surface area contributed by atoms with Gasteiger partial charge < -0.3 is 15.0 Å². The van der Waals surface area contributed by atoms with Gasteiger partial charge in [0.15, 0.2) is 0 Å². The molecule has 0 aromatic carbocycles. The number of carbonyl (C=O) groups is 1. The lowest BCUT2D eigenvalue weighted by molar-refractivity contribution is 0.00518. The maximum absolute atomic E-state index is 12.4. The van der Waals surface area contributed by atoms with Crippen molar-refractivity contribution in [3.63, 3.8) is 0 Å². The van der Waals surface area contributed by atoms with Gasteiger partial charge in [-0.1, -0.05) is 19.3 Å². The van der Waals surface area contributed by atoms with Crippen LogP contribution in [0, 0.1) is 6.92 Å². The van der Waals surface area contributed by atoms with E-state index in [1.54, 1.807) is 11.3 Å². The van der Waals surface area contributed by atoms with E-state index in [4.69, 9.17) is 0 Å². The number of aryl methyl sites for hydroxylation is 2. The average Bonchev–Trinajstić information content (AvgIpc) is 3.12. The van der Waals surface area contributed by atoms with Crippen molar-refractivity contribution in [3.05, 3.63) is 28.3 Å². The number of carbonyl (C=O) groups excluding carboxylic acids is 1. The normalized spacial score (nSPS) is 17.2. The maximum Gasteiger partial charge on any atom is 0.268 e. The van der Waals surface area contributed by atoms with Crippen LogP contribution in [0.1, 0.15) is 47.6 Å². The Hall–Kier alpha value is -1.66. The SMILES string of the molecule is Cc1nc(-c2cc(C(=O)NCC3(O)CCCCC3)n(C)c2)cs1. The van der Waals surface area contributed by atoms with Crippen molar-refractivity contribution in [1.29, 1.82) is 0 Å². The summed E-state index contributed by atoms with van der Waals surface area (Å²) in [6, 6.07) is 1.86. The van der Waals surface area contributed by atoms with E-state index in [9.17, 15) is 9.90 Å². The minimum atomic E-state index is -0.742. The molecule has 2 heterocycles. The summed E-state index contributed by atoms with van der Waals surface area (Å²) in [6.07, 6.45) is 6.68. The number of hydrogen-bond donors (Lipinski definition) is 2. The topological polar surface area (TPSA) is 67.2 Å². The molecule has 0 atom stereocenters. The Morgan fingerprint density at radius 1 is 1.43 bits per heavy atom. The van der Waals surface area contributed by atoms with Crippen LogP contribution in [0.2, 0.25) is 0 Å². The van der Waals surface area contributed by atoms with E-state index in [1.807, 2.05) is 36.2 Å². The molecule has 0 bridgehead atoms. The maximum atomic E-state index is 12.4. The fourth-order valence-corrected chi connectivity index (χ4v) is 3.77. The number of hydrogen-bond acceptors (Lipinski definition) is 4. The van der Waals surface area contributed by atoms with Crippen LogP contribution < -0.4 is 5.32 Å². The molecule has 0 spiro atoms. The molecule has 5 nitrogen and oxygen atoms in total. The Kier molecular flexibility index (Phi) is 4.55. The van der Waals surface area contributed by atoms with Gasteiger partial charge in [-0.3, -0.25) is 4.79 Å². The highest BCUT2D eigenvalue weighted by Gasteiger charge is 2.29. The Bertz CT molecular complexity index is 699. The molecule has 6 heteroatoms. The zero-order chi connectivity index (χ0) is 16.4. The van der Waals surface area contributed by atoms with E-state index >= 15 is 0 Å². The lowest BCUT2D eigenvalue weighted by Crippen LogP contribution is -2.44. The lowest BCUT2D eigenvalue weighted by atomic mass is 9.85. The molecule has 2 aromatic heterocycles. The summed E-state index contributed by atoms with van der Waals surface area (Å²) in [5.41, 5.74) is 1.69. The minimum Gasteiger partial charge on any atom is -0.388 e. The molecule has 3 rings (SSSR count). The monoisotopic (exact) mass is 333 g/mol. The molecule has 1 aliphatic carbocycles. The van der Waals surface area contributed by atoms with Gasteiger partial charge in [0, 0.05) is 30.7 Å². The summed E-state index contributed by atoms with van der Waals surface area (Å²) in [6.45, 7) is 2.29. The van der Waals surface area contributed by atoms with Gasteiger partial charge in [-0.25, -0.2) is 4.98 Å². The summed E-state index contributed by atoms with van der Waals surface area (Å²) in [5, 5.41) is 16.4. The first-order valence-electron chi connectivity index (χ1n) is 8.06. The summed E-state index contributed by atoms with van der Waals surface area (Å²) >= 11 is 1.60. The van der Waals surface area contributed by atoms with Crippen LogP contribution in [-0.2, 0) is 7.05 Å². The van der Waals surface area contributed by atoms with Gasteiger partial charge in [-0.05, 0) is 25.8 Å². The smallest absolute Gasteiger partial charge is 0.268 e. The van der Waals surface area contributed by atoms with Crippen molar-refractivity contribution in [2.75, 3.05) is 6.54 Å². The van der Waals surface area contributed by atoms with Gasteiger partial charge in [-0.2, -0.15) is 0 Å². The fraction of sp³-hybridized carbons (Fsp3) is 0.529. The van der Waals surface area contributed by atoms with Gasteiger partial charge in [0.25, 0.3) is 5.91 Å². The van der Waals surface area contributed by atoms with Gasteiger partial charge >= 0.3 is 0 Å². The molecule has 2 aromatic rings. The highest BCUT2D eigenvalue weighted by atomic mass is 32.1. The number of rotatable bonds is 4. The Labute approximate surface area is 140 Å². The zero-order valence-electron chi connectivity index (χ0n) is 13.6. The van der Waals surface area contributed by atoms with Crippen LogP contribution >= 0.6 is 11.3 Å². The predicted molar refractivity (Wildman–Crippen MR) is 91.6 cm³/mol. The molecule has 0 radical (unpaired) electrons. The summed E-state index contributed by atoms with van der Waals surface area (Å²) in [5.74, 6) is -0.148. The summed E-state index contributed by atoms with van der Waals surface area (Å²) in [7, 11) is 1.85. The van der Waals surface area contributed by atoms with E-state index in [1.165, 1.54) is 6.42 Å². The van der Waals surface area contributed by atoms with Crippen molar-refractivity contribution in [3.8, 4) is 11.3 Å².